The molecule has 1 saturated heterocycles. The van der Waals surface area contributed by atoms with Gasteiger partial charge in [-0.15, -0.1) is 0 Å². The van der Waals surface area contributed by atoms with E-state index < -0.39 is 0 Å². The summed E-state index contributed by atoms with van der Waals surface area (Å²) in [6, 6.07) is 5.60. The SMILES string of the molecule is COCC(=O)Nc1ccc(C)c(N2CCCCC2=O)c1. The Morgan fingerprint density at radius 2 is 2.20 bits per heavy atom. The number of piperidine rings is 1. The standard InChI is InChI=1S/C15H20N2O3/c1-11-6-7-12(16-14(18)10-20-2)9-13(11)17-8-4-3-5-15(17)19/h6-7,9H,3-5,8,10H2,1-2H3,(H,16,18). The first-order chi connectivity index (χ1) is 9.61. The zero-order chi connectivity index (χ0) is 14.5. The third-order valence-electron chi connectivity index (χ3n) is 3.38. The molecule has 1 aliphatic rings. The number of rotatable bonds is 4. The number of nitrogens with zero attached hydrogens (tertiary/aromatic N) is 1. The maximum absolute atomic E-state index is 12.0. The maximum Gasteiger partial charge on any atom is 0.250 e. The monoisotopic (exact) mass is 276 g/mol. The molecule has 20 heavy (non-hydrogen) atoms. The van der Waals surface area contributed by atoms with Crippen molar-refractivity contribution in [3.05, 3.63) is 23.8 Å². The fraction of sp³-hybridized carbons (Fsp3) is 0.467. The van der Waals surface area contributed by atoms with Gasteiger partial charge >= 0.3 is 0 Å². The van der Waals surface area contributed by atoms with Crippen molar-refractivity contribution in [1.29, 1.82) is 0 Å². The molecule has 2 rings (SSSR count). The fourth-order valence-corrected chi connectivity index (χ4v) is 2.37. The topological polar surface area (TPSA) is 58.6 Å². The summed E-state index contributed by atoms with van der Waals surface area (Å²) in [5.74, 6) is -0.0491. The van der Waals surface area contributed by atoms with Crippen molar-refractivity contribution < 1.29 is 14.3 Å². The van der Waals surface area contributed by atoms with Crippen molar-refractivity contribution in [3.8, 4) is 0 Å². The normalized spacial score (nSPS) is 15.3. The largest absolute Gasteiger partial charge is 0.375 e. The zero-order valence-electron chi connectivity index (χ0n) is 11.9. The number of carbonyl (C=O) groups excluding carboxylic acids is 2. The first-order valence-corrected chi connectivity index (χ1v) is 6.81. The molecule has 0 unspecified atom stereocenters. The van der Waals surface area contributed by atoms with Crippen molar-refractivity contribution in [1.82, 2.24) is 0 Å². The average Bonchev–Trinajstić information content (AvgIpc) is 2.42. The average molecular weight is 276 g/mol. The van der Waals surface area contributed by atoms with E-state index in [1.54, 1.807) is 0 Å². The minimum absolute atomic E-state index is 0.0197. The van der Waals surface area contributed by atoms with E-state index in [1.165, 1.54) is 7.11 Å². The van der Waals surface area contributed by atoms with Crippen LogP contribution in [0.1, 0.15) is 24.8 Å². The Kier molecular flexibility index (Phi) is 4.74. The van der Waals surface area contributed by atoms with E-state index in [4.69, 9.17) is 4.74 Å². The van der Waals surface area contributed by atoms with Gasteiger partial charge in [-0.25, -0.2) is 0 Å². The molecule has 0 radical (unpaired) electrons. The maximum atomic E-state index is 12.0. The van der Waals surface area contributed by atoms with Crippen LogP contribution in [-0.4, -0.2) is 32.1 Å². The number of nitrogens with one attached hydrogen (secondary N) is 1. The first kappa shape index (κ1) is 14.5. The third kappa shape index (κ3) is 3.36. The molecule has 0 spiro atoms. The summed E-state index contributed by atoms with van der Waals surface area (Å²) in [4.78, 5) is 25.3. The highest BCUT2D eigenvalue weighted by Gasteiger charge is 2.21. The lowest BCUT2D eigenvalue weighted by Gasteiger charge is -2.28. The second-order valence-corrected chi connectivity index (χ2v) is 4.98. The van der Waals surface area contributed by atoms with Gasteiger partial charge in [0.05, 0.1) is 0 Å². The van der Waals surface area contributed by atoms with E-state index in [1.807, 2.05) is 30.0 Å². The predicted molar refractivity (Wildman–Crippen MR) is 77.9 cm³/mol. The molecule has 1 heterocycles. The molecular weight excluding hydrogens is 256 g/mol. The summed E-state index contributed by atoms with van der Waals surface area (Å²) < 4.78 is 4.79. The summed E-state index contributed by atoms with van der Waals surface area (Å²) in [6.07, 6.45) is 2.57. The molecule has 2 amide bonds. The van der Waals surface area contributed by atoms with Gasteiger partial charge in [0.2, 0.25) is 11.8 Å². The molecule has 1 aliphatic heterocycles. The van der Waals surface area contributed by atoms with Gasteiger partial charge in [0.15, 0.2) is 0 Å². The van der Waals surface area contributed by atoms with Crippen LogP contribution in [0.2, 0.25) is 0 Å². The van der Waals surface area contributed by atoms with Crippen LogP contribution in [0, 0.1) is 6.92 Å². The van der Waals surface area contributed by atoms with E-state index in [2.05, 4.69) is 5.32 Å². The molecule has 0 aliphatic carbocycles. The summed E-state index contributed by atoms with van der Waals surface area (Å²) >= 11 is 0. The lowest BCUT2D eigenvalue weighted by Crippen LogP contribution is -2.35. The van der Waals surface area contributed by atoms with Gasteiger partial charge in [-0.3, -0.25) is 9.59 Å². The van der Waals surface area contributed by atoms with E-state index in [0.29, 0.717) is 12.1 Å². The van der Waals surface area contributed by atoms with E-state index in [9.17, 15) is 9.59 Å². The number of anilines is 2. The first-order valence-electron chi connectivity index (χ1n) is 6.81. The van der Waals surface area contributed by atoms with Crippen LogP contribution in [0.25, 0.3) is 0 Å². The number of ether oxygens (including phenoxy) is 1. The van der Waals surface area contributed by atoms with Crippen LogP contribution in [0.15, 0.2) is 18.2 Å². The summed E-state index contributed by atoms with van der Waals surface area (Å²) in [7, 11) is 1.48. The fourth-order valence-electron chi connectivity index (χ4n) is 2.37. The second-order valence-electron chi connectivity index (χ2n) is 4.98. The molecule has 5 heteroatoms. The molecule has 108 valence electrons. The number of hydrogen-bond donors (Lipinski definition) is 1. The number of amides is 2. The molecule has 5 nitrogen and oxygen atoms in total. The van der Waals surface area contributed by atoms with Gasteiger partial charge in [-0.05, 0) is 37.5 Å². The Morgan fingerprint density at radius 1 is 1.40 bits per heavy atom. The van der Waals surface area contributed by atoms with E-state index >= 15 is 0 Å². The highest BCUT2D eigenvalue weighted by atomic mass is 16.5. The van der Waals surface area contributed by atoms with E-state index in [0.717, 1.165) is 30.6 Å². The number of hydrogen-bond acceptors (Lipinski definition) is 3. The van der Waals surface area contributed by atoms with Gasteiger partial charge in [0.25, 0.3) is 0 Å². The molecule has 1 aromatic rings. The van der Waals surface area contributed by atoms with E-state index in [-0.39, 0.29) is 18.4 Å². The highest BCUT2D eigenvalue weighted by Crippen LogP contribution is 2.27. The van der Waals surface area contributed by atoms with Gasteiger partial charge in [0, 0.05) is 31.5 Å². The molecule has 1 N–H and O–H groups in total. The minimum atomic E-state index is -0.202. The van der Waals surface area contributed by atoms with Crippen LogP contribution >= 0.6 is 0 Å². The summed E-state index contributed by atoms with van der Waals surface area (Å²) in [6.45, 7) is 2.74. The van der Waals surface area contributed by atoms with Gasteiger partial charge < -0.3 is 15.0 Å². The second kappa shape index (κ2) is 6.52. The van der Waals surface area contributed by atoms with Crippen LogP contribution in [-0.2, 0) is 14.3 Å². The molecule has 1 fully saturated rings. The van der Waals surface area contributed by atoms with Crippen LogP contribution in [0.5, 0.6) is 0 Å². The number of aryl methyl sites for hydroxylation is 1. The molecular formula is C15H20N2O3. The number of carbonyl (C=O) groups is 2. The van der Waals surface area contributed by atoms with Gasteiger partial charge in [0.1, 0.15) is 6.61 Å². The van der Waals surface area contributed by atoms with Crippen molar-refractivity contribution >= 4 is 23.2 Å². The van der Waals surface area contributed by atoms with Crippen molar-refractivity contribution in [2.45, 2.75) is 26.2 Å². The smallest absolute Gasteiger partial charge is 0.250 e. The molecule has 0 bridgehead atoms. The van der Waals surface area contributed by atoms with Crippen LogP contribution in [0.4, 0.5) is 11.4 Å². The van der Waals surface area contributed by atoms with Crippen LogP contribution < -0.4 is 10.2 Å². The van der Waals surface area contributed by atoms with Crippen molar-refractivity contribution in [3.63, 3.8) is 0 Å². The molecule has 0 atom stereocenters. The molecule has 0 aromatic heterocycles. The van der Waals surface area contributed by atoms with Crippen molar-refractivity contribution in [2.75, 3.05) is 30.5 Å². The lowest BCUT2D eigenvalue weighted by atomic mass is 10.1. The molecule has 1 aromatic carbocycles. The minimum Gasteiger partial charge on any atom is -0.375 e. The molecule has 0 saturated carbocycles. The number of methoxy groups -OCH3 is 1. The van der Waals surface area contributed by atoms with Gasteiger partial charge in [-0.2, -0.15) is 0 Å². The Bertz CT molecular complexity index is 514. The van der Waals surface area contributed by atoms with Gasteiger partial charge in [-0.1, -0.05) is 6.07 Å². The lowest BCUT2D eigenvalue weighted by molar-refractivity contribution is -0.120. The third-order valence-corrected chi connectivity index (χ3v) is 3.38. The predicted octanol–water partition coefficient (Wildman–Crippen LogP) is 2.10. The zero-order valence-corrected chi connectivity index (χ0v) is 11.9. The van der Waals surface area contributed by atoms with Crippen LogP contribution in [0.3, 0.4) is 0 Å². The summed E-state index contributed by atoms with van der Waals surface area (Å²) in [5, 5.41) is 2.76. The highest BCUT2D eigenvalue weighted by molar-refractivity contribution is 5.97. The Hall–Kier alpha value is -1.88. The Morgan fingerprint density at radius 3 is 2.90 bits per heavy atom. The Balaban J connectivity index is 2.20. The number of benzene rings is 1. The summed E-state index contributed by atoms with van der Waals surface area (Å²) in [5.41, 5.74) is 2.60. The van der Waals surface area contributed by atoms with Crippen molar-refractivity contribution in [2.24, 2.45) is 0 Å². The Labute approximate surface area is 118 Å². The quantitative estimate of drug-likeness (QED) is 0.916.